The highest BCUT2D eigenvalue weighted by Crippen LogP contribution is 2.17. The number of hydrogen-bond acceptors (Lipinski definition) is 3. The van der Waals surface area contributed by atoms with Crippen LogP contribution in [-0.4, -0.2) is 23.5 Å². The Kier molecular flexibility index (Phi) is 5.80. The van der Waals surface area contributed by atoms with E-state index in [9.17, 15) is 4.79 Å². The van der Waals surface area contributed by atoms with Gasteiger partial charge in [-0.1, -0.05) is 20.8 Å². The molecule has 0 aliphatic carbocycles. The van der Waals surface area contributed by atoms with Crippen LogP contribution >= 0.6 is 0 Å². The molecule has 0 saturated heterocycles. The number of nitrogens with one attached hydrogen (secondary N) is 2. The summed E-state index contributed by atoms with van der Waals surface area (Å²) in [4.78, 5) is 16.7. The van der Waals surface area contributed by atoms with Gasteiger partial charge in [0.1, 0.15) is 5.82 Å². The minimum absolute atomic E-state index is 0.0298. The fourth-order valence-corrected chi connectivity index (χ4v) is 1.66. The highest BCUT2D eigenvalue weighted by Gasteiger charge is 2.13. The Labute approximate surface area is 116 Å². The standard InChI is InChI=1S/C15H25N3O/c1-6-11(5)17-15(19)12-8-13(10(3)4)18-14(9-12)16-7-2/h8-11H,6-7H2,1-5H3,(H,16,18)(H,17,19). The third-order valence-corrected chi connectivity index (χ3v) is 3.05. The van der Waals surface area contributed by atoms with E-state index in [4.69, 9.17) is 0 Å². The smallest absolute Gasteiger partial charge is 0.251 e. The van der Waals surface area contributed by atoms with Gasteiger partial charge in [0.2, 0.25) is 0 Å². The normalized spacial score (nSPS) is 12.3. The summed E-state index contributed by atoms with van der Waals surface area (Å²) in [5.41, 5.74) is 1.61. The van der Waals surface area contributed by atoms with Crippen molar-refractivity contribution in [3.05, 3.63) is 23.4 Å². The average molecular weight is 263 g/mol. The lowest BCUT2D eigenvalue weighted by Gasteiger charge is -2.14. The second-order valence-corrected chi connectivity index (χ2v) is 5.13. The van der Waals surface area contributed by atoms with Gasteiger partial charge in [-0.3, -0.25) is 4.79 Å². The Bertz CT molecular complexity index is 429. The maximum absolute atomic E-state index is 12.2. The first-order valence-electron chi connectivity index (χ1n) is 7.04. The Morgan fingerprint density at radius 3 is 2.47 bits per heavy atom. The summed E-state index contributed by atoms with van der Waals surface area (Å²) < 4.78 is 0. The van der Waals surface area contributed by atoms with Crippen molar-refractivity contribution in [3.63, 3.8) is 0 Å². The summed E-state index contributed by atoms with van der Waals surface area (Å²) in [6.07, 6.45) is 0.925. The van der Waals surface area contributed by atoms with Crippen molar-refractivity contribution in [3.8, 4) is 0 Å². The fourth-order valence-electron chi connectivity index (χ4n) is 1.66. The number of carbonyl (C=O) groups is 1. The van der Waals surface area contributed by atoms with E-state index in [1.54, 1.807) is 0 Å². The monoisotopic (exact) mass is 263 g/mol. The topological polar surface area (TPSA) is 54.0 Å². The average Bonchev–Trinajstić information content (AvgIpc) is 2.38. The molecule has 4 nitrogen and oxygen atoms in total. The second kappa shape index (κ2) is 7.12. The van der Waals surface area contributed by atoms with Crippen molar-refractivity contribution in [1.29, 1.82) is 0 Å². The van der Waals surface area contributed by atoms with E-state index in [1.165, 1.54) is 0 Å². The Morgan fingerprint density at radius 1 is 1.26 bits per heavy atom. The second-order valence-electron chi connectivity index (χ2n) is 5.13. The van der Waals surface area contributed by atoms with Gasteiger partial charge in [-0.2, -0.15) is 0 Å². The van der Waals surface area contributed by atoms with Crippen molar-refractivity contribution in [2.45, 2.75) is 53.0 Å². The first-order valence-corrected chi connectivity index (χ1v) is 7.04. The lowest BCUT2D eigenvalue weighted by Crippen LogP contribution is -2.32. The minimum atomic E-state index is -0.0298. The highest BCUT2D eigenvalue weighted by atomic mass is 16.1. The van der Waals surface area contributed by atoms with E-state index >= 15 is 0 Å². The summed E-state index contributed by atoms with van der Waals surface area (Å²) in [6, 6.07) is 3.88. The molecule has 0 aliphatic rings. The lowest BCUT2D eigenvalue weighted by molar-refractivity contribution is 0.0939. The van der Waals surface area contributed by atoms with Gasteiger partial charge in [-0.15, -0.1) is 0 Å². The summed E-state index contributed by atoms with van der Waals surface area (Å²) in [6.45, 7) is 11.0. The van der Waals surface area contributed by atoms with E-state index in [0.717, 1.165) is 24.5 Å². The van der Waals surface area contributed by atoms with E-state index in [-0.39, 0.29) is 11.9 Å². The Balaban J connectivity index is 3.01. The zero-order valence-corrected chi connectivity index (χ0v) is 12.6. The molecule has 1 amide bonds. The number of amides is 1. The van der Waals surface area contributed by atoms with Crippen LogP contribution in [0, 0.1) is 0 Å². The van der Waals surface area contributed by atoms with Crippen LogP contribution in [0.3, 0.4) is 0 Å². The third-order valence-electron chi connectivity index (χ3n) is 3.05. The number of carbonyl (C=O) groups excluding carboxylic acids is 1. The lowest BCUT2D eigenvalue weighted by atomic mass is 10.1. The van der Waals surface area contributed by atoms with Crippen LogP contribution in [0.2, 0.25) is 0 Å². The molecule has 1 atom stereocenters. The first-order chi connectivity index (χ1) is 8.97. The van der Waals surface area contributed by atoms with Crippen LogP contribution in [0.25, 0.3) is 0 Å². The van der Waals surface area contributed by atoms with Gasteiger partial charge in [0.05, 0.1) is 0 Å². The molecule has 2 N–H and O–H groups in total. The van der Waals surface area contributed by atoms with Crippen molar-refractivity contribution < 1.29 is 4.79 Å². The van der Waals surface area contributed by atoms with Gasteiger partial charge in [0.15, 0.2) is 0 Å². The first kappa shape index (κ1) is 15.5. The van der Waals surface area contributed by atoms with E-state index in [0.29, 0.717) is 11.5 Å². The SMILES string of the molecule is CCNc1cc(C(=O)NC(C)CC)cc(C(C)C)n1. The predicted octanol–water partition coefficient (Wildman–Crippen LogP) is 3.17. The van der Waals surface area contributed by atoms with Gasteiger partial charge in [0.25, 0.3) is 5.91 Å². The largest absolute Gasteiger partial charge is 0.370 e. The molecule has 0 aromatic carbocycles. The molecule has 0 spiro atoms. The maximum Gasteiger partial charge on any atom is 0.251 e. The molecular weight excluding hydrogens is 238 g/mol. The molecule has 19 heavy (non-hydrogen) atoms. The number of nitrogens with zero attached hydrogens (tertiary/aromatic N) is 1. The quantitative estimate of drug-likeness (QED) is 0.829. The highest BCUT2D eigenvalue weighted by molar-refractivity contribution is 5.95. The summed E-state index contributed by atoms with van der Waals surface area (Å²) in [5, 5.41) is 6.16. The Morgan fingerprint density at radius 2 is 1.95 bits per heavy atom. The van der Waals surface area contributed by atoms with Crippen LogP contribution in [0.1, 0.15) is 63.0 Å². The summed E-state index contributed by atoms with van der Waals surface area (Å²) in [7, 11) is 0. The number of hydrogen-bond donors (Lipinski definition) is 2. The van der Waals surface area contributed by atoms with E-state index in [2.05, 4.69) is 36.4 Å². The van der Waals surface area contributed by atoms with E-state index < -0.39 is 0 Å². The fraction of sp³-hybridized carbons (Fsp3) is 0.600. The van der Waals surface area contributed by atoms with Crippen LogP contribution in [0.4, 0.5) is 5.82 Å². The zero-order valence-electron chi connectivity index (χ0n) is 12.6. The van der Waals surface area contributed by atoms with Crippen LogP contribution in [0.15, 0.2) is 12.1 Å². The van der Waals surface area contributed by atoms with Crippen molar-refractivity contribution >= 4 is 11.7 Å². The summed E-state index contributed by atoms with van der Waals surface area (Å²) >= 11 is 0. The van der Waals surface area contributed by atoms with Crippen molar-refractivity contribution in [1.82, 2.24) is 10.3 Å². The van der Waals surface area contributed by atoms with Crippen LogP contribution < -0.4 is 10.6 Å². The van der Waals surface area contributed by atoms with Crippen molar-refractivity contribution in [2.75, 3.05) is 11.9 Å². The van der Waals surface area contributed by atoms with Gasteiger partial charge in [0, 0.05) is 23.8 Å². The van der Waals surface area contributed by atoms with E-state index in [1.807, 2.05) is 26.0 Å². The molecule has 0 bridgehead atoms. The number of pyridine rings is 1. The minimum Gasteiger partial charge on any atom is -0.370 e. The molecule has 0 fully saturated rings. The summed E-state index contributed by atoms with van der Waals surface area (Å²) in [5.74, 6) is 1.04. The van der Waals surface area contributed by atoms with Gasteiger partial charge < -0.3 is 10.6 Å². The van der Waals surface area contributed by atoms with Gasteiger partial charge in [-0.05, 0) is 38.3 Å². The molecule has 1 aromatic heterocycles. The number of aromatic nitrogens is 1. The molecule has 0 saturated carbocycles. The molecular formula is C15H25N3O. The third kappa shape index (κ3) is 4.54. The van der Waals surface area contributed by atoms with Gasteiger partial charge >= 0.3 is 0 Å². The van der Waals surface area contributed by atoms with Crippen LogP contribution in [-0.2, 0) is 0 Å². The molecule has 0 radical (unpaired) electrons. The molecule has 1 rings (SSSR count). The molecule has 106 valence electrons. The molecule has 1 aromatic rings. The number of rotatable bonds is 6. The molecule has 1 heterocycles. The van der Waals surface area contributed by atoms with Crippen molar-refractivity contribution in [2.24, 2.45) is 0 Å². The molecule has 4 heteroatoms. The number of anilines is 1. The maximum atomic E-state index is 12.2. The Hall–Kier alpha value is -1.58. The molecule has 0 aliphatic heterocycles. The van der Waals surface area contributed by atoms with Gasteiger partial charge in [-0.25, -0.2) is 4.98 Å². The predicted molar refractivity (Wildman–Crippen MR) is 79.7 cm³/mol. The van der Waals surface area contributed by atoms with Crippen LogP contribution in [0.5, 0.6) is 0 Å². The zero-order chi connectivity index (χ0) is 14.4. The molecule has 1 unspecified atom stereocenters.